The first kappa shape index (κ1) is 19.6. The van der Waals surface area contributed by atoms with E-state index in [0.29, 0.717) is 17.4 Å². The molecule has 144 valence electrons. The molecule has 2 aromatic carbocycles. The minimum atomic E-state index is -0.896. The molecule has 0 radical (unpaired) electrons. The van der Waals surface area contributed by atoms with Crippen LogP contribution < -0.4 is 10.5 Å². The molecule has 0 aliphatic rings. The van der Waals surface area contributed by atoms with Crippen LogP contribution in [-0.4, -0.2) is 27.3 Å². The molecule has 0 bridgehead atoms. The molecule has 0 saturated heterocycles. The summed E-state index contributed by atoms with van der Waals surface area (Å²) in [6.07, 6.45) is 3.47. The zero-order valence-electron chi connectivity index (χ0n) is 15.4. The Kier molecular flexibility index (Phi) is 6.41. The van der Waals surface area contributed by atoms with Crippen molar-refractivity contribution in [2.75, 3.05) is 0 Å². The SMILES string of the molecule is CC(/C=C/c1cccc(OCc2csc(-c3ccccc3)n2)c1)N(O)C(N)=O. The lowest BCUT2D eigenvalue weighted by molar-refractivity contribution is -0.0560. The van der Waals surface area contributed by atoms with Crippen molar-refractivity contribution in [3.05, 3.63) is 77.3 Å². The fourth-order valence-corrected chi connectivity index (χ4v) is 3.29. The van der Waals surface area contributed by atoms with Gasteiger partial charge >= 0.3 is 6.03 Å². The van der Waals surface area contributed by atoms with Gasteiger partial charge in [0.2, 0.25) is 0 Å². The van der Waals surface area contributed by atoms with Gasteiger partial charge in [-0.15, -0.1) is 11.3 Å². The first-order chi connectivity index (χ1) is 13.5. The maximum atomic E-state index is 11.0. The van der Waals surface area contributed by atoms with Crippen molar-refractivity contribution < 1.29 is 14.7 Å². The zero-order valence-corrected chi connectivity index (χ0v) is 16.2. The van der Waals surface area contributed by atoms with E-state index < -0.39 is 12.1 Å². The molecule has 3 rings (SSSR count). The number of primary amides is 1. The van der Waals surface area contributed by atoms with Gasteiger partial charge in [0.15, 0.2) is 0 Å². The molecule has 3 aromatic rings. The van der Waals surface area contributed by atoms with Crippen LogP contribution in [0.25, 0.3) is 16.6 Å². The molecular weight excluding hydrogens is 374 g/mol. The number of carbonyl (C=O) groups excluding carboxylic acids is 1. The predicted octanol–water partition coefficient (Wildman–Crippen LogP) is 4.56. The van der Waals surface area contributed by atoms with Crippen LogP contribution >= 0.6 is 11.3 Å². The van der Waals surface area contributed by atoms with Gasteiger partial charge in [0.1, 0.15) is 17.4 Å². The number of aromatic nitrogens is 1. The second kappa shape index (κ2) is 9.16. The third-order valence-electron chi connectivity index (χ3n) is 4.00. The van der Waals surface area contributed by atoms with E-state index in [1.54, 1.807) is 30.4 Å². The highest BCUT2D eigenvalue weighted by Crippen LogP contribution is 2.24. The summed E-state index contributed by atoms with van der Waals surface area (Å²) in [6, 6.07) is 16.1. The maximum absolute atomic E-state index is 11.0. The molecule has 0 fully saturated rings. The average Bonchev–Trinajstić information content (AvgIpc) is 3.20. The number of nitrogens with zero attached hydrogens (tertiary/aromatic N) is 2. The van der Waals surface area contributed by atoms with Crippen LogP contribution in [0.15, 0.2) is 66.1 Å². The summed E-state index contributed by atoms with van der Waals surface area (Å²) in [5.41, 5.74) is 7.88. The lowest BCUT2D eigenvalue weighted by atomic mass is 10.1. The van der Waals surface area contributed by atoms with Crippen LogP contribution in [-0.2, 0) is 6.61 Å². The van der Waals surface area contributed by atoms with Crippen molar-refractivity contribution in [2.45, 2.75) is 19.6 Å². The molecule has 1 unspecified atom stereocenters. The maximum Gasteiger partial charge on any atom is 0.339 e. The molecule has 28 heavy (non-hydrogen) atoms. The van der Waals surface area contributed by atoms with Crippen LogP contribution in [0.2, 0.25) is 0 Å². The average molecular weight is 395 g/mol. The molecule has 0 aliphatic heterocycles. The Labute approximate surface area is 167 Å². The number of amides is 2. The lowest BCUT2D eigenvalue weighted by Crippen LogP contribution is -2.38. The number of urea groups is 1. The first-order valence-electron chi connectivity index (χ1n) is 8.71. The number of thiazole rings is 1. The summed E-state index contributed by atoms with van der Waals surface area (Å²) >= 11 is 1.59. The molecular formula is C21H21N3O3S. The molecule has 0 saturated carbocycles. The van der Waals surface area contributed by atoms with Gasteiger partial charge in [0, 0.05) is 10.9 Å². The van der Waals surface area contributed by atoms with Crippen LogP contribution in [0.3, 0.4) is 0 Å². The van der Waals surface area contributed by atoms with E-state index in [9.17, 15) is 10.0 Å². The molecule has 1 atom stereocenters. The molecule has 0 aliphatic carbocycles. The van der Waals surface area contributed by atoms with Crippen molar-refractivity contribution >= 4 is 23.4 Å². The van der Waals surface area contributed by atoms with Gasteiger partial charge in [-0.2, -0.15) is 5.06 Å². The molecule has 0 spiro atoms. The van der Waals surface area contributed by atoms with E-state index in [2.05, 4.69) is 4.98 Å². The Morgan fingerprint density at radius 3 is 2.82 bits per heavy atom. The number of hydroxylamine groups is 2. The van der Waals surface area contributed by atoms with E-state index in [0.717, 1.165) is 21.8 Å². The number of benzene rings is 2. The van der Waals surface area contributed by atoms with Gasteiger partial charge in [0.05, 0.1) is 11.7 Å². The van der Waals surface area contributed by atoms with Crippen molar-refractivity contribution in [1.82, 2.24) is 10.0 Å². The van der Waals surface area contributed by atoms with Gasteiger partial charge < -0.3 is 10.5 Å². The third-order valence-corrected chi connectivity index (χ3v) is 4.94. The van der Waals surface area contributed by atoms with Crippen molar-refractivity contribution in [1.29, 1.82) is 0 Å². The second-order valence-corrected chi connectivity index (χ2v) is 7.01. The second-order valence-electron chi connectivity index (χ2n) is 6.15. The van der Waals surface area contributed by atoms with Crippen molar-refractivity contribution in [3.63, 3.8) is 0 Å². The number of hydrogen-bond acceptors (Lipinski definition) is 5. The third kappa shape index (κ3) is 5.18. The quantitative estimate of drug-likeness (QED) is 0.453. The van der Waals surface area contributed by atoms with E-state index in [1.807, 2.05) is 60.0 Å². The van der Waals surface area contributed by atoms with Gasteiger partial charge in [-0.05, 0) is 24.6 Å². The highest BCUT2D eigenvalue weighted by molar-refractivity contribution is 7.13. The fraction of sp³-hybridized carbons (Fsp3) is 0.143. The molecule has 2 amide bonds. The number of rotatable bonds is 7. The van der Waals surface area contributed by atoms with E-state index in [4.69, 9.17) is 10.5 Å². The highest BCUT2D eigenvalue weighted by Gasteiger charge is 2.11. The summed E-state index contributed by atoms with van der Waals surface area (Å²) in [4.78, 5) is 15.6. The van der Waals surface area contributed by atoms with Crippen LogP contribution in [0.4, 0.5) is 4.79 Å². The molecule has 1 heterocycles. The molecule has 1 aromatic heterocycles. The number of ether oxygens (including phenoxy) is 1. The summed E-state index contributed by atoms with van der Waals surface area (Å²) in [5, 5.41) is 12.9. The van der Waals surface area contributed by atoms with Gasteiger partial charge in [-0.3, -0.25) is 5.21 Å². The number of carbonyl (C=O) groups is 1. The number of nitrogens with two attached hydrogens (primary N) is 1. The van der Waals surface area contributed by atoms with Crippen molar-refractivity contribution in [3.8, 4) is 16.3 Å². The Balaban J connectivity index is 1.61. The van der Waals surface area contributed by atoms with Crippen LogP contribution in [0, 0.1) is 0 Å². The van der Waals surface area contributed by atoms with Crippen LogP contribution in [0.1, 0.15) is 18.2 Å². The van der Waals surface area contributed by atoms with Crippen LogP contribution in [0.5, 0.6) is 5.75 Å². The minimum Gasteiger partial charge on any atom is -0.487 e. The molecule has 3 N–H and O–H groups in total. The number of hydrogen-bond donors (Lipinski definition) is 2. The largest absolute Gasteiger partial charge is 0.487 e. The summed E-state index contributed by atoms with van der Waals surface area (Å²) in [5.74, 6) is 0.708. The standard InChI is InChI=1S/C21H21N3O3S/c1-15(24(26)21(22)25)10-11-16-6-5-9-19(12-16)27-13-18-14-28-20(23-18)17-7-3-2-4-8-17/h2-12,14-15,26H,13H2,1H3,(H2,22,25)/b11-10+. The summed E-state index contributed by atoms with van der Waals surface area (Å²) < 4.78 is 5.85. The Morgan fingerprint density at radius 2 is 2.07 bits per heavy atom. The Bertz CT molecular complexity index is 956. The molecule has 7 heteroatoms. The topological polar surface area (TPSA) is 88.7 Å². The van der Waals surface area contributed by atoms with E-state index in [1.165, 1.54) is 0 Å². The van der Waals surface area contributed by atoms with Gasteiger partial charge in [-0.25, -0.2) is 9.78 Å². The highest BCUT2D eigenvalue weighted by atomic mass is 32.1. The van der Waals surface area contributed by atoms with E-state index >= 15 is 0 Å². The summed E-state index contributed by atoms with van der Waals surface area (Å²) in [6.45, 7) is 2.03. The van der Waals surface area contributed by atoms with Gasteiger partial charge in [-0.1, -0.05) is 54.6 Å². The van der Waals surface area contributed by atoms with Crippen molar-refractivity contribution in [2.24, 2.45) is 5.73 Å². The zero-order chi connectivity index (χ0) is 19.9. The predicted molar refractivity (Wildman–Crippen MR) is 110 cm³/mol. The lowest BCUT2D eigenvalue weighted by Gasteiger charge is -2.16. The monoisotopic (exact) mass is 395 g/mol. The smallest absolute Gasteiger partial charge is 0.339 e. The minimum absolute atomic E-state index is 0.374. The fourth-order valence-electron chi connectivity index (χ4n) is 2.48. The van der Waals surface area contributed by atoms with E-state index in [-0.39, 0.29) is 0 Å². The molecule has 6 nitrogen and oxygen atoms in total. The van der Waals surface area contributed by atoms with Gasteiger partial charge in [0.25, 0.3) is 0 Å². The Hall–Kier alpha value is -3.16. The normalized spacial score (nSPS) is 12.1. The first-order valence-corrected chi connectivity index (χ1v) is 9.59. The summed E-state index contributed by atoms with van der Waals surface area (Å²) in [7, 11) is 0. The Morgan fingerprint density at radius 1 is 1.29 bits per heavy atom.